The predicted octanol–water partition coefficient (Wildman–Crippen LogP) is 3.89. The minimum atomic E-state index is -0.320. The molecule has 2 aromatic carbocycles. The molecule has 0 bridgehead atoms. The molecule has 1 aliphatic rings. The van der Waals surface area contributed by atoms with Gasteiger partial charge in [-0.25, -0.2) is 0 Å². The van der Waals surface area contributed by atoms with E-state index in [1.165, 1.54) is 4.90 Å². The zero-order valence-electron chi connectivity index (χ0n) is 18.2. The number of rotatable bonds is 8. The molecule has 0 atom stereocenters. The molecule has 1 aliphatic heterocycles. The summed E-state index contributed by atoms with van der Waals surface area (Å²) >= 11 is 0. The van der Waals surface area contributed by atoms with E-state index < -0.39 is 0 Å². The van der Waals surface area contributed by atoms with Crippen LogP contribution in [0.5, 0.6) is 5.75 Å². The van der Waals surface area contributed by atoms with E-state index in [4.69, 9.17) is 4.74 Å². The maximum Gasteiger partial charge on any atom is 0.278 e. The second kappa shape index (κ2) is 9.47. The predicted molar refractivity (Wildman–Crippen MR) is 122 cm³/mol. The Hall–Kier alpha value is -3.93. The number of benzene rings is 2. The van der Waals surface area contributed by atoms with Crippen LogP contribution in [-0.4, -0.2) is 40.3 Å². The molecule has 32 heavy (non-hydrogen) atoms. The third-order valence-electron chi connectivity index (χ3n) is 5.29. The molecule has 2 amide bonds. The minimum Gasteiger partial charge on any atom is -0.494 e. The topological polar surface area (TPSA) is 62.7 Å². The summed E-state index contributed by atoms with van der Waals surface area (Å²) in [4.78, 5) is 34.3. The molecule has 162 valence electrons. The molecule has 2 heterocycles. The maximum atomic E-state index is 13.5. The number of likely N-dealkylation sites (N-methyl/N-ethyl adjacent to an activating group) is 1. The Bertz CT molecular complexity index is 1130. The van der Waals surface area contributed by atoms with E-state index in [-0.39, 0.29) is 18.4 Å². The number of amides is 2. The molecule has 0 aliphatic carbocycles. The van der Waals surface area contributed by atoms with Crippen LogP contribution in [0.2, 0.25) is 0 Å². The van der Waals surface area contributed by atoms with Gasteiger partial charge in [-0.2, -0.15) is 0 Å². The lowest BCUT2D eigenvalue weighted by molar-refractivity contribution is -0.138. The van der Waals surface area contributed by atoms with Gasteiger partial charge in [0.2, 0.25) is 0 Å². The largest absolute Gasteiger partial charge is 0.494 e. The van der Waals surface area contributed by atoms with Crippen molar-refractivity contribution in [1.82, 2.24) is 14.8 Å². The number of hydrogen-bond acceptors (Lipinski definition) is 5. The Labute approximate surface area is 187 Å². The lowest BCUT2D eigenvalue weighted by Gasteiger charge is -2.21. The molecule has 0 saturated heterocycles. The van der Waals surface area contributed by atoms with Gasteiger partial charge in [-0.15, -0.1) is 0 Å². The Morgan fingerprint density at radius 1 is 0.906 bits per heavy atom. The second-order valence-electron chi connectivity index (χ2n) is 7.54. The normalized spacial score (nSPS) is 13.6. The summed E-state index contributed by atoms with van der Waals surface area (Å²) < 4.78 is 5.53. The number of carbonyl (C=O) groups is 2. The Morgan fingerprint density at radius 3 is 2.28 bits per heavy atom. The fraction of sp³-hybridized carbons (Fsp3) is 0.192. The quantitative estimate of drug-likeness (QED) is 0.511. The first-order chi connectivity index (χ1) is 15.6. The summed E-state index contributed by atoms with van der Waals surface area (Å²) in [5, 5.41) is 0. The van der Waals surface area contributed by atoms with Crippen LogP contribution >= 0.6 is 0 Å². The van der Waals surface area contributed by atoms with Crippen molar-refractivity contribution >= 4 is 17.4 Å². The van der Waals surface area contributed by atoms with Gasteiger partial charge in [-0.1, -0.05) is 48.5 Å². The number of imide groups is 1. The molecular weight excluding hydrogens is 402 g/mol. The van der Waals surface area contributed by atoms with Crippen LogP contribution in [0.4, 0.5) is 0 Å². The van der Waals surface area contributed by atoms with Gasteiger partial charge in [0.1, 0.15) is 11.4 Å². The molecule has 1 aromatic heterocycles. The van der Waals surface area contributed by atoms with Gasteiger partial charge >= 0.3 is 0 Å². The molecule has 0 radical (unpaired) electrons. The minimum absolute atomic E-state index is 0.127. The van der Waals surface area contributed by atoms with Gasteiger partial charge in [-0.3, -0.25) is 19.5 Å². The van der Waals surface area contributed by atoms with Crippen LogP contribution in [0.3, 0.4) is 0 Å². The zero-order chi connectivity index (χ0) is 22.5. The first-order valence-electron chi connectivity index (χ1n) is 10.6. The summed E-state index contributed by atoms with van der Waals surface area (Å²) in [6.45, 7) is 3.11. The third kappa shape index (κ3) is 4.39. The monoisotopic (exact) mass is 427 g/mol. The number of hydrogen-bond donors (Lipinski definition) is 0. The second-order valence-corrected chi connectivity index (χ2v) is 7.54. The molecule has 6 heteroatoms. The third-order valence-corrected chi connectivity index (χ3v) is 5.29. The highest BCUT2D eigenvalue weighted by Gasteiger charge is 2.40. The Morgan fingerprint density at radius 2 is 1.62 bits per heavy atom. The van der Waals surface area contributed by atoms with Gasteiger partial charge in [0.25, 0.3) is 11.8 Å². The van der Waals surface area contributed by atoms with Gasteiger partial charge < -0.3 is 9.64 Å². The van der Waals surface area contributed by atoms with Gasteiger partial charge in [-0.05, 0) is 42.3 Å². The molecule has 0 fully saturated rings. The first kappa shape index (κ1) is 21.3. The van der Waals surface area contributed by atoms with Crippen molar-refractivity contribution in [3.63, 3.8) is 0 Å². The van der Waals surface area contributed by atoms with E-state index in [1.807, 2.05) is 85.6 Å². The van der Waals surface area contributed by atoms with Gasteiger partial charge in [0.15, 0.2) is 0 Å². The van der Waals surface area contributed by atoms with Crippen molar-refractivity contribution in [2.75, 3.05) is 13.7 Å². The first-order valence-corrected chi connectivity index (χ1v) is 10.6. The van der Waals surface area contributed by atoms with E-state index >= 15 is 0 Å². The SMILES string of the molecule is CCOc1ccc(C2=C(N(C)Cc3ccccc3)C(=O)N(Cc3ccccn3)C2=O)cc1. The van der Waals surface area contributed by atoms with Gasteiger partial charge in [0.05, 0.1) is 24.4 Å². The Balaban J connectivity index is 1.71. The van der Waals surface area contributed by atoms with Crippen molar-refractivity contribution in [3.8, 4) is 5.75 Å². The average molecular weight is 428 g/mol. The Kier molecular flexibility index (Phi) is 6.31. The smallest absolute Gasteiger partial charge is 0.278 e. The van der Waals surface area contributed by atoms with Crippen LogP contribution in [-0.2, 0) is 22.7 Å². The fourth-order valence-corrected chi connectivity index (χ4v) is 3.80. The van der Waals surface area contributed by atoms with E-state index in [1.54, 1.807) is 12.3 Å². The van der Waals surface area contributed by atoms with Crippen molar-refractivity contribution < 1.29 is 14.3 Å². The highest BCUT2D eigenvalue weighted by atomic mass is 16.5. The fourth-order valence-electron chi connectivity index (χ4n) is 3.80. The number of carbonyl (C=O) groups excluding carboxylic acids is 2. The summed E-state index contributed by atoms with van der Waals surface area (Å²) in [6, 6.07) is 22.6. The molecular formula is C26H25N3O3. The van der Waals surface area contributed by atoms with Crippen LogP contribution < -0.4 is 4.74 Å². The van der Waals surface area contributed by atoms with Gasteiger partial charge in [0, 0.05) is 19.8 Å². The van der Waals surface area contributed by atoms with Crippen LogP contribution in [0, 0.1) is 0 Å². The van der Waals surface area contributed by atoms with Crippen molar-refractivity contribution in [1.29, 1.82) is 0 Å². The van der Waals surface area contributed by atoms with Crippen molar-refractivity contribution in [2.24, 2.45) is 0 Å². The summed E-state index contributed by atoms with van der Waals surface area (Å²) in [6.07, 6.45) is 1.66. The van der Waals surface area contributed by atoms with Crippen molar-refractivity contribution in [2.45, 2.75) is 20.0 Å². The molecule has 0 spiro atoms. The van der Waals surface area contributed by atoms with E-state index in [2.05, 4.69) is 4.98 Å². The number of pyridine rings is 1. The molecule has 4 rings (SSSR count). The summed E-state index contributed by atoms with van der Waals surface area (Å²) in [7, 11) is 1.84. The molecule has 0 N–H and O–H groups in total. The number of aromatic nitrogens is 1. The average Bonchev–Trinajstić information content (AvgIpc) is 3.06. The number of nitrogens with zero attached hydrogens (tertiary/aromatic N) is 3. The van der Waals surface area contributed by atoms with Crippen LogP contribution in [0.25, 0.3) is 5.57 Å². The van der Waals surface area contributed by atoms with Crippen LogP contribution in [0.1, 0.15) is 23.7 Å². The van der Waals surface area contributed by atoms with E-state index in [9.17, 15) is 9.59 Å². The lowest BCUT2D eigenvalue weighted by atomic mass is 10.0. The zero-order valence-corrected chi connectivity index (χ0v) is 18.2. The highest BCUT2D eigenvalue weighted by molar-refractivity contribution is 6.35. The summed E-state index contributed by atoms with van der Waals surface area (Å²) in [5.41, 5.74) is 3.18. The van der Waals surface area contributed by atoms with E-state index in [0.29, 0.717) is 35.7 Å². The van der Waals surface area contributed by atoms with Crippen LogP contribution in [0.15, 0.2) is 84.7 Å². The summed E-state index contributed by atoms with van der Waals surface area (Å²) in [5.74, 6) is 0.0841. The molecule has 0 saturated carbocycles. The van der Waals surface area contributed by atoms with Crippen molar-refractivity contribution in [3.05, 3.63) is 102 Å². The maximum absolute atomic E-state index is 13.5. The molecule has 0 unspecified atom stereocenters. The van der Waals surface area contributed by atoms with E-state index in [0.717, 1.165) is 11.3 Å². The standard InChI is InChI=1S/C26H25N3O3/c1-3-32-22-14-12-20(13-15-22)23-24(28(2)17-19-9-5-4-6-10-19)26(31)29(25(23)30)18-21-11-7-8-16-27-21/h4-16H,3,17-18H2,1-2H3. The number of ether oxygens (including phenoxy) is 1. The molecule has 6 nitrogen and oxygen atoms in total. The lowest BCUT2D eigenvalue weighted by Crippen LogP contribution is -2.33. The highest BCUT2D eigenvalue weighted by Crippen LogP contribution is 2.33. The molecule has 3 aromatic rings.